The number of carbonyl (C=O) groups excluding carboxylic acids is 1. The highest BCUT2D eigenvalue weighted by Gasteiger charge is 2.32. The van der Waals surface area contributed by atoms with Crippen molar-refractivity contribution in [3.8, 4) is 0 Å². The molecule has 0 radical (unpaired) electrons. The van der Waals surface area contributed by atoms with Crippen molar-refractivity contribution in [2.75, 3.05) is 0 Å². The summed E-state index contributed by atoms with van der Waals surface area (Å²) in [6.45, 7) is 2.10. The molecular weight excluding hydrogens is 224 g/mol. The van der Waals surface area contributed by atoms with Gasteiger partial charge in [0, 0.05) is 10.1 Å². The smallest absolute Gasteiger partial charge is 0.300 e. The largest absolute Gasteiger partial charge is 0.349 e. The van der Waals surface area contributed by atoms with Gasteiger partial charge in [0.1, 0.15) is 0 Å². The molecule has 0 saturated heterocycles. The second kappa shape index (κ2) is 4.89. The standard InChI is InChI=1S/C12H14O3S/c1-2-8-7-10(12(13)15-14)9-5-3-4-6-11(9)16-8/h3-6,8,10,14H,2,7H2,1H3. The molecule has 2 unspecified atom stereocenters. The number of thioether (sulfide) groups is 1. The fourth-order valence-corrected chi connectivity index (χ4v) is 3.35. The van der Waals surface area contributed by atoms with E-state index in [1.165, 1.54) is 0 Å². The zero-order chi connectivity index (χ0) is 11.5. The summed E-state index contributed by atoms with van der Waals surface area (Å²) in [5, 5.41) is 8.93. The lowest BCUT2D eigenvalue weighted by Crippen LogP contribution is -2.23. The zero-order valence-corrected chi connectivity index (χ0v) is 9.87. The Hall–Kier alpha value is -1.00. The van der Waals surface area contributed by atoms with E-state index in [9.17, 15) is 4.79 Å². The first kappa shape index (κ1) is 11.5. The molecule has 86 valence electrons. The van der Waals surface area contributed by atoms with Crippen molar-refractivity contribution in [2.24, 2.45) is 0 Å². The molecular formula is C12H14O3S. The molecule has 4 heteroatoms. The van der Waals surface area contributed by atoms with Gasteiger partial charge in [-0.25, -0.2) is 4.79 Å². The molecule has 1 aliphatic heterocycles. The summed E-state index contributed by atoms with van der Waals surface area (Å²) in [5.41, 5.74) is 0.969. The Morgan fingerprint density at radius 3 is 3.00 bits per heavy atom. The molecule has 0 aromatic heterocycles. The Balaban J connectivity index is 2.35. The van der Waals surface area contributed by atoms with Crippen LogP contribution in [-0.2, 0) is 9.68 Å². The highest BCUT2D eigenvalue weighted by molar-refractivity contribution is 8.00. The van der Waals surface area contributed by atoms with Crippen molar-refractivity contribution in [1.82, 2.24) is 0 Å². The van der Waals surface area contributed by atoms with Crippen LogP contribution < -0.4 is 0 Å². The van der Waals surface area contributed by atoms with Crippen LogP contribution in [0.1, 0.15) is 31.2 Å². The number of carbonyl (C=O) groups is 1. The summed E-state index contributed by atoms with van der Waals surface area (Å²) < 4.78 is 0. The number of rotatable bonds is 2. The van der Waals surface area contributed by atoms with E-state index < -0.39 is 5.97 Å². The molecule has 3 nitrogen and oxygen atoms in total. The molecule has 0 spiro atoms. The van der Waals surface area contributed by atoms with Gasteiger partial charge in [-0.1, -0.05) is 25.1 Å². The van der Waals surface area contributed by atoms with Gasteiger partial charge in [0.15, 0.2) is 0 Å². The van der Waals surface area contributed by atoms with Gasteiger partial charge in [0.2, 0.25) is 0 Å². The second-order valence-electron chi connectivity index (χ2n) is 3.88. The number of benzene rings is 1. The molecule has 0 bridgehead atoms. The van der Waals surface area contributed by atoms with Crippen LogP contribution >= 0.6 is 11.8 Å². The van der Waals surface area contributed by atoms with Gasteiger partial charge in [-0.15, -0.1) is 11.8 Å². The number of fused-ring (bicyclic) bond motifs is 1. The molecule has 0 amide bonds. The lowest BCUT2D eigenvalue weighted by atomic mass is 9.93. The highest BCUT2D eigenvalue weighted by atomic mass is 32.2. The van der Waals surface area contributed by atoms with Gasteiger partial charge in [0.05, 0.1) is 5.92 Å². The van der Waals surface area contributed by atoms with Crippen LogP contribution in [-0.4, -0.2) is 16.5 Å². The Bertz CT molecular complexity index is 392. The van der Waals surface area contributed by atoms with E-state index >= 15 is 0 Å². The van der Waals surface area contributed by atoms with Crippen LogP contribution in [0.2, 0.25) is 0 Å². The average Bonchev–Trinajstić information content (AvgIpc) is 2.36. The normalized spacial score (nSPS) is 23.6. The molecule has 2 rings (SSSR count). The van der Waals surface area contributed by atoms with E-state index in [0.29, 0.717) is 5.25 Å². The van der Waals surface area contributed by atoms with Crippen molar-refractivity contribution in [1.29, 1.82) is 0 Å². The van der Waals surface area contributed by atoms with E-state index in [1.54, 1.807) is 11.8 Å². The van der Waals surface area contributed by atoms with Crippen LogP contribution in [0.25, 0.3) is 0 Å². The molecule has 2 atom stereocenters. The van der Waals surface area contributed by atoms with Gasteiger partial charge < -0.3 is 4.89 Å². The Morgan fingerprint density at radius 1 is 1.56 bits per heavy atom. The van der Waals surface area contributed by atoms with Crippen molar-refractivity contribution in [3.63, 3.8) is 0 Å². The molecule has 0 aliphatic carbocycles. The zero-order valence-electron chi connectivity index (χ0n) is 9.05. The highest BCUT2D eigenvalue weighted by Crippen LogP contribution is 2.43. The minimum atomic E-state index is -0.550. The summed E-state index contributed by atoms with van der Waals surface area (Å²) in [6, 6.07) is 7.81. The first-order valence-electron chi connectivity index (χ1n) is 5.37. The Labute approximate surface area is 98.7 Å². The van der Waals surface area contributed by atoms with Gasteiger partial charge in [-0.3, -0.25) is 0 Å². The SMILES string of the molecule is CCC1CC(C(=O)OO)c2ccccc2S1. The fraction of sp³-hybridized carbons (Fsp3) is 0.417. The van der Waals surface area contributed by atoms with Crippen LogP contribution in [0.3, 0.4) is 0 Å². The molecule has 16 heavy (non-hydrogen) atoms. The minimum Gasteiger partial charge on any atom is -0.300 e. The molecule has 0 fully saturated rings. The van der Waals surface area contributed by atoms with E-state index in [4.69, 9.17) is 5.26 Å². The Morgan fingerprint density at radius 2 is 2.31 bits per heavy atom. The van der Waals surface area contributed by atoms with E-state index in [1.807, 2.05) is 24.3 Å². The van der Waals surface area contributed by atoms with E-state index in [0.717, 1.165) is 23.3 Å². The van der Waals surface area contributed by atoms with Crippen LogP contribution in [0.5, 0.6) is 0 Å². The summed E-state index contributed by atoms with van der Waals surface area (Å²) in [5.74, 6) is -0.876. The molecule has 0 saturated carbocycles. The van der Waals surface area contributed by atoms with Crippen LogP contribution in [0.4, 0.5) is 0 Å². The average molecular weight is 238 g/mol. The monoisotopic (exact) mass is 238 g/mol. The molecule has 1 aromatic rings. The quantitative estimate of drug-likeness (QED) is 0.635. The first-order chi connectivity index (χ1) is 7.76. The lowest BCUT2D eigenvalue weighted by molar-refractivity contribution is -0.236. The summed E-state index contributed by atoms with van der Waals surface area (Å²) in [6.07, 6.45) is 1.74. The first-order valence-corrected chi connectivity index (χ1v) is 6.25. The van der Waals surface area contributed by atoms with Gasteiger partial charge in [-0.05, 0) is 24.5 Å². The minimum absolute atomic E-state index is 0.326. The van der Waals surface area contributed by atoms with Crippen LogP contribution in [0.15, 0.2) is 29.2 Å². The number of hydrogen-bond donors (Lipinski definition) is 1. The van der Waals surface area contributed by atoms with E-state index in [2.05, 4.69) is 11.8 Å². The summed E-state index contributed by atoms with van der Waals surface area (Å²) in [4.78, 5) is 16.5. The maximum absolute atomic E-state index is 11.5. The van der Waals surface area contributed by atoms with Crippen molar-refractivity contribution >= 4 is 17.7 Å². The van der Waals surface area contributed by atoms with Gasteiger partial charge in [0.25, 0.3) is 0 Å². The topological polar surface area (TPSA) is 46.5 Å². The van der Waals surface area contributed by atoms with E-state index in [-0.39, 0.29) is 5.92 Å². The summed E-state index contributed by atoms with van der Waals surface area (Å²) in [7, 11) is 0. The molecule has 1 aliphatic rings. The predicted molar refractivity (Wildman–Crippen MR) is 62.5 cm³/mol. The predicted octanol–water partition coefficient (Wildman–Crippen LogP) is 3.06. The third kappa shape index (κ3) is 2.08. The molecule has 1 aromatic carbocycles. The summed E-state index contributed by atoms with van der Waals surface area (Å²) >= 11 is 1.80. The maximum atomic E-state index is 11.5. The van der Waals surface area contributed by atoms with Crippen LogP contribution in [0, 0.1) is 0 Å². The lowest BCUT2D eigenvalue weighted by Gasteiger charge is -2.28. The van der Waals surface area contributed by atoms with Crippen molar-refractivity contribution < 1.29 is 14.9 Å². The van der Waals surface area contributed by atoms with Crippen molar-refractivity contribution in [2.45, 2.75) is 35.8 Å². The van der Waals surface area contributed by atoms with Gasteiger partial charge in [-0.2, -0.15) is 5.26 Å². The maximum Gasteiger partial charge on any atom is 0.349 e. The molecule has 1 N–H and O–H groups in total. The van der Waals surface area contributed by atoms with Crippen molar-refractivity contribution in [3.05, 3.63) is 29.8 Å². The Kier molecular flexibility index (Phi) is 3.51. The third-order valence-corrected chi connectivity index (χ3v) is 4.40. The van der Waals surface area contributed by atoms with Gasteiger partial charge >= 0.3 is 5.97 Å². The third-order valence-electron chi connectivity index (χ3n) is 2.92. The second-order valence-corrected chi connectivity index (χ2v) is 5.23. The molecule has 1 heterocycles. The fourth-order valence-electron chi connectivity index (χ4n) is 2.03. The number of hydrogen-bond acceptors (Lipinski definition) is 4.